The van der Waals surface area contributed by atoms with Crippen molar-refractivity contribution in [1.29, 1.82) is 0 Å². The van der Waals surface area contributed by atoms with E-state index in [0.717, 1.165) is 41.8 Å². The fourth-order valence-electron chi connectivity index (χ4n) is 2.19. The molecule has 3 N–H and O–H groups in total. The number of hydrogen-bond donors (Lipinski definition) is 3. The number of carboxylic acids is 1. The number of aliphatic carboxylic acids is 1. The number of carbonyl (C=O) groups excluding carboxylic acids is 1. The van der Waals surface area contributed by atoms with Crippen LogP contribution in [0.15, 0.2) is 10.5 Å². The average molecular weight is 395 g/mol. The molecular weight excluding hydrogens is 375 g/mol. The van der Waals surface area contributed by atoms with Gasteiger partial charge in [-0.15, -0.1) is 11.3 Å². The van der Waals surface area contributed by atoms with Gasteiger partial charge in [-0.05, 0) is 38.9 Å². The van der Waals surface area contributed by atoms with Crippen molar-refractivity contribution in [2.45, 2.75) is 25.4 Å². The Balaban J connectivity index is 0.000000412. The summed E-state index contributed by atoms with van der Waals surface area (Å²) in [7, 11) is 3.95. The highest BCUT2D eigenvalue weighted by Gasteiger charge is 2.38. The predicted octanol–water partition coefficient (Wildman–Crippen LogP) is 2.19. The number of alkyl halides is 3. The molecule has 0 fully saturated rings. The third-order valence-corrected chi connectivity index (χ3v) is 4.52. The van der Waals surface area contributed by atoms with Crippen molar-refractivity contribution in [2.24, 2.45) is 5.16 Å². The lowest BCUT2D eigenvalue weighted by Crippen LogP contribution is -2.31. The molecule has 1 amide bonds. The molecule has 0 aromatic carbocycles. The summed E-state index contributed by atoms with van der Waals surface area (Å²) in [5.74, 6) is -2.79. The highest BCUT2D eigenvalue weighted by atomic mass is 32.1. The second-order valence-electron chi connectivity index (χ2n) is 5.72. The summed E-state index contributed by atoms with van der Waals surface area (Å²) in [5, 5.41) is 24.2. The van der Waals surface area contributed by atoms with Gasteiger partial charge in [0.2, 0.25) is 0 Å². The average Bonchev–Trinajstić information content (AvgIpc) is 2.98. The molecule has 2 rings (SSSR count). The normalized spacial score (nSPS) is 15.2. The van der Waals surface area contributed by atoms with E-state index < -0.39 is 12.1 Å². The second-order valence-corrected chi connectivity index (χ2v) is 6.60. The van der Waals surface area contributed by atoms with Gasteiger partial charge in [0.1, 0.15) is 0 Å². The van der Waals surface area contributed by atoms with E-state index in [1.807, 2.05) is 24.4 Å². The summed E-state index contributed by atoms with van der Waals surface area (Å²) in [5.41, 5.74) is 2.48. The monoisotopic (exact) mass is 395 g/mol. The van der Waals surface area contributed by atoms with Crippen molar-refractivity contribution in [1.82, 2.24) is 10.2 Å². The molecule has 0 spiro atoms. The van der Waals surface area contributed by atoms with Crippen LogP contribution in [-0.4, -0.2) is 66.2 Å². The minimum atomic E-state index is -5.08. The molecule has 1 aliphatic carbocycles. The Morgan fingerprint density at radius 3 is 2.46 bits per heavy atom. The highest BCUT2D eigenvalue weighted by Crippen LogP contribution is 2.30. The van der Waals surface area contributed by atoms with Crippen molar-refractivity contribution >= 4 is 28.9 Å². The summed E-state index contributed by atoms with van der Waals surface area (Å²) in [6, 6.07) is 0. The summed E-state index contributed by atoms with van der Waals surface area (Å²) < 4.78 is 31.7. The Kier molecular flexibility index (Phi) is 8.03. The molecule has 0 bridgehead atoms. The fourth-order valence-corrected chi connectivity index (χ4v) is 3.31. The number of oxime groups is 1. The molecule has 11 heteroatoms. The molecule has 26 heavy (non-hydrogen) atoms. The van der Waals surface area contributed by atoms with Gasteiger partial charge in [0.25, 0.3) is 5.91 Å². The van der Waals surface area contributed by atoms with Crippen LogP contribution < -0.4 is 5.32 Å². The van der Waals surface area contributed by atoms with Crippen LogP contribution in [0.5, 0.6) is 0 Å². The number of carbonyl (C=O) groups is 2. The number of hydrogen-bond acceptors (Lipinski definition) is 6. The molecule has 0 saturated carbocycles. The van der Waals surface area contributed by atoms with Crippen LogP contribution in [0.1, 0.15) is 33.6 Å². The smallest absolute Gasteiger partial charge is 0.475 e. The lowest BCUT2D eigenvalue weighted by molar-refractivity contribution is -0.192. The van der Waals surface area contributed by atoms with Gasteiger partial charge in [-0.2, -0.15) is 13.2 Å². The van der Waals surface area contributed by atoms with Crippen LogP contribution >= 0.6 is 11.3 Å². The molecule has 0 atom stereocenters. The van der Waals surface area contributed by atoms with Crippen LogP contribution in [0.3, 0.4) is 0 Å². The van der Waals surface area contributed by atoms with Gasteiger partial charge in [-0.1, -0.05) is 5.16 Å². The Labute approximate surface area is 152 Å². The quantitative estimate of drug-likeness (QED) is 0.536. The largest absolute Gasteiger partial charge is 0.490 e. The van der Waals surface area contributed by atoms with Gasteiger partial charge < -0.3 is 20.5 Å². The first-order valence-corrected chi connectivity index (χ1v) is 8.50. The zero-order valence-corrected chi connectivity index (χ0v) is 15.1. The van der Waals surface area contributed by atoms with E-state index in [1.54, 1.807) is 0 Å². The van der Waals surface area contributed by atoms with E-state index in [9.17, 15) is 18.0 Å². The van der Waals surface area contributed by atoms with Crippen molar-refractivity contribution in [2.75, 3.05) is 27.2 Å². The maximum atomic E-state index is 12.1. The second kappa shape index (κ2) is 9.53. The lowest BCUT2D eigenvalue weighted by atomic mass is 9.94. The van der Waals surface area contributed by atoms with E-state index in [4.69, 9.17) is 15.1 Å². The van der Waals surface area contributed by atoms with E-state index in [-0.39, 0.29) is 5.91 Å². The van der Waals surface area contributed by atoms with Gasteiger partial charge in [0, 0.05) is 18.5 Å². The number of amides is 1. The third kappa shape index (κ3) is 6.30. The molecule has 1 aromatic rings. The number of carboxylic acid groups (broad SMARTS) is 1. The first kappa shape index (κ1) is 21.9. The summed E-state index contributed by atoms with van der Waals surface area (Å²) >= 11 is 1.49. The maximum absolute atomic E-state index is 12.1. The molecule has 1 aliphatic rings. The molecule has 0 unspecified atom stereocenters. The van der Waals surface area contributed by atoms with Gasteiger partial charge in [0.15, 0.2) is 0 Å². The van der Waals surface area contributed by atoms with Crippen molar-refractivity contribution < 1.29 is 33.1 Å². The topological polar surface area (TPSA) is 102 Å². The van der Waals surface area contributed by atoms with Crippen molar-refractivity contribution in [3.63, 3.8) is 0 Å². The van der Waals surface area contributed by atoms with Crippen LogP contribution in [0, 0.1) is 0 Å². The van der Waals surface area contributed by atoms with Gasteiger partial charge in [0.05, 0.1) is 16.2 Å². The third-order valence-electron chi connectivity index (χ3n) is 3.45. The first-order chi connectivity index (χ1) is 12.1. The highest BCUT2D eigenvalue weighted by molar-refractivity contribution is 7.12. The molecule has 0 radical (unpaired) electrons. The van der Waals surface area contributed by atoms with Crippen LogP contribution in [0.2, 0.25) is 0 Å². The van der Waals surface area contributed by atoms with E-state index in [0.29, 0.717) is 12.3 Å². The van der Waals surface area contributed by atoms with Gasteiger partial charge in [-0.3, -0.25) is 4.79 Å². The zero-order valence-electron chi connectivity index (χ0n) is 14.3. The fraction of sp³-hybridized carbons (Fsp3) is 0.533. The number of nitrogens with one attached hydrogen (secondary N) is 1. The number of likely N-dealkylation sites (N-methyl/N-ethyl adjacent to an activating group) is 1. The SMILES string of the molecule is CN(C)CCNC(=O)c1csc2c1CCCC2=NO.O=C(O)C(F)(F)F. The Morgan fingerprint density at radius 1 is 1.35 bits per heavy atom. The molecule has 0 saturated heterocycles. The van der Waals surface area contributed by atoms with E-state index >= 15 is 0 Å². The first-order valence-electron chi connectivity index (χ1n) is 7.62. The standard InChI is InChI=1S/C13H19N3O2S.C2HF3O2/c1-16(2)7-6-14-13(17)10-8-19-12-9(10)4-3-5-11(12)15-18;3-2(4,5)1(6)7/h8,18H,3-7H2,1-2H3,(H,14,17);(H,6,7). The number of thiophene rings is 1. The Hall–Kier alpha value is -2.14. The van der Waals surface area contributed by atoms with Crippen LogP contribution in [0.25, 0.3) is 0 Å². The van der Waals surface area contributed by atoms with Crippen molar-refractivity contribution in [3.8, 4) is 0 Å². The van der Waals surface area contributed by atoms with E-state index in [1.165, 1.54) is 11.3 Å². The number of fused-ring (bicyclic) bond motifs is 1. The van der Waals surface area contributed by atoms with Crippen LogP contribution in [0.4, 0.5) is 13.2 Å². The summed E-state index contributed by atoms with van der Waals surface area (Å²) in [6.07, 6.45) is -2.49. The molecular formula is C15H20F3N3O4S. The number of halogens is 3. The molecule has 1 aromatic heterocycles. The minimum absolute atomic E-state index is 0.0291. The Morgan fingerprint density at radius 2 is 1.96 bits per heavy atom. The number of nitrogens with zero attached hydrogens (tertiary/aromatic N) is 2. The predicted molar refractivity (Wildman–Crippen MR) is 90.2 cm³/mol. The lowest BCUT2D eigenvalue weighted by Gasteiger charge is -2.14. The van der Waals surface area contributed by atoms with E-state index in [2.05, 4.69) is 10.5 Å². The summed E-state index contributed by atoms with van der Waals surface area (Å²) in [4.78, 5) is 24.0. The number of rotatable bonds is 4. The molecule has 7 nitrogen and oxygen atoms in total. The molecule has 1 heterocycles. The summed E-state index contributed by atoms with van der Waals surface area (Å²) in [6.45, 7) is 1.46. The maximum Gasteiger partial charge on any atom is 0.490 e. The van der Waals surface area contributed by atoms with Gasteiger partial charge in [-0.25, -0.2) is 4.79 Å². The van der Waals surface area contributed by atoms with Crippen LogP contribution in [-0.2, 0) is 11.2 Å². The zero-order chi connectivity index (χ0) is 19.9. The molecule has 0 aliphatic heterocycles. The van der Waals surface area contributed by atoms with Gasteiger partial charge >= 0.3 is 12.1 Å². The minimum Gasteiger partial charge on any atom is -0.475 e. The van der Waals surface area contributed by atoms with Crippen molar-refractivity contribution in [3.05, 3.63) is 21.4 Å². The molecule has 146 valence electrons. The Bertz CT molecular complexity index is 672.